The lowest BCUT2D eigenvalue weighted by Crippen LogP contribution is -2.11. The average Bonchev–Trinajstić information content (AvgIpc) is 2.87. The summed E-state index contributed by atoms with van der Waals surface area (Å²) < 4.78 is 5.46. The Hall–Kier alpha value is -1.42. The first kappa shape index (κ1) is 10.7. The Kier molecular flexibility index (Phi) is 2.81. The van der Waals surface area contributed by atoms with Crippen LogP contribution in [0.2, 0.25) is 0 Å². The van der Waals surface area contributed by atoms with Gasteiger partial charge in [-0.15, -0.1) is 0 Å². The molecule has 17 heavy (non-hydrogen) atoms. The second kappa shape index (κ2) is 4.45. The molecule has 2 aliphatic rings. The molecule has 0 spiro atoms. The van der Waals surface area contributed by atoms with Crippen molar-refractivity contribution < 1.29 is 9.84 Å². The zero-order valence-corrected chi connectivity index (χ0v) is 9.72. The van der Waals surface area contributed by atoms with Gasteiger partial charge in [0.05, 0.1) is 6.61 Å². The van der Waals surface area contributed by atoms with Crippen molar-refractivity contribution in [3.05, 3.63) is 29.1 Å². The standard InChI is InChI=1S/C13H16N2O2/c16-7-10-8-17-13(14-10)12-6-5-9-3-1-2-4-11(9)15-12/h5-6,10,16H,1-4,7-8H2/t10-/m0/s1. The van der Waals surface area contributed by atoms with Gasteiger partial charge in [-0.2, -0.15) is 0 Å². The van der Waals surface area contributed by atoms with Gasteiger partial charge in [-0.3, -0.25) is 0 Å². The third-order valence-corrected chi connectivity index (χ3v) is 3.32. The first-order valence-electron chi connectivity index (χ1n) is 6.17. The van der Waals surface area contributed by atoms with Crippen molar-refractivity contribution in [2.45, 2.75) is 31.7 Å². The SMILES string of the molecule is OC[C@H]1COC(c2ccc3c(n2)CCCC3)=N1. The Bertz CT molecular complexity index is 457. The Morgan fingerprint density at radius 2 is 2.18 bits per heavy atom. The zero-order chi connectivity index (χ0) is 11.7. The summed E-state index contributed by atoms with van der Waals surface area (Å²) in [5.41, 5.74) is 3.35. The smallest absolute Gasteiger partial charge is 0.235 e. The van der Waals surface area contributed by atoms with Crippen molar-refractivity contribution in [3.63, 3.8) is 0 Å². The molecule has 90 valence electrons. The summed E-state index contributed by atoms with van der Waals surface area (Å²) in [6.45, 7) is 0.499. The molecule has 1 aromatic heterocycles. The van der Waals surface area contributed by atoms with E-state index in [9.17, 15) is 0 Å². The molecule has 0 radical (unpaired) electrons. The fourth-order valence-electron chi connectivity index (χ4n) is 2.35. The van der Waals surface area contributed by atoms with Gasteiger partial charge in [-0.05, 0) is 37.3 Å². The van der Waals surface area contributed by atoms with Crippen LogP contribution in [0.15, 0.2) is 17.1 Å². The Morgan fingerprint density at radius 1 is 1.29 bits per heavy atom. The number of nitrogens with zero attached hydrogens (tertiary/aromatic N) is 2. The predicted octanol–water partition coefficient (Wildman–Crippen LogP) is 1.10. The van der Waals surface area contributed by atoms with Gasteiger partial charge >= 0.3 is 0 Å². The van der Waals surface area contributed by atoms with E-state index in [1.807, 2.05) is 6.07 Å². The largest absolute Gasteiger partial charge is 0.474 e. The van der Waals surface area contributed by atoms with Gasteiger partial charge in [0, 0.05) is 5.69 Å². The van der Waals surface area contributed by atoms with Crippen LogP contribution in [0, 0.1) is 0 Å². The minimum Gasteiger partial charge on any atom is -0.474 e. The lowest BCUT2D eigenvalue weighted by atomic mass is 9.96. The van der Waals surface area contributed by atoms with E-state index in [2.05, 4.69) is 16.0 Å². The van der Waals surface area contributed by atoms with Crippen LogP contribution >= 0.6 is 0 Å². The van der Waals surface area contributed by atoms with E-state index in [-0.39, 0.29) is 12.6 Å². The molecule has 1 aliphatic heterocycles. The summed E-state index contributed by atoms with van der Waals surface area (Å²) >= 11 is 0. The molecule has 0 bridgehead atoms. The molecule has 0 saturated heterocycles. The summed E-state index contributed by atoms with van der Waals surface area (Å²) in [7, 11) is 0. The highest BCUT2D eigenvalue weighted by Gasteiger charge is 2.21. The average molecular weight is 232 g/mol. The molecular formula is C13H16N2O2. The highest BCUT2D eigenvalue weighted by atomic mass is 16.5. The third-order valence-electron chi connectivity index (χ3n) is 3.32. The van der Waals surface area contributed by atoms with Gasteiger partial charge in [0.15, 0.2) is 0 Å². The molecule has 0 aromatic carbocycles. The van der Waals surface area contributed by atoms with Crippen molar-refractivity contribution in [2.24, 2.45) is 4.99 Å². The summed E-state index contributed by atoms with van der Waals surface area (Å²) in [6.07, 6.45) is 4.67. The highest BCUT2D eigenvalue weighted by molar-refractivity contribution is 5.93. The molecule has 2 heterocycles. The summed E-state index contributed by atoms with van der Waals surface area (Å²) in [5, 5.41) is 9.02. The van der Waals surface area contributed by atoms with Gasteiger partial charge < -0.3 is 9.84 Å². The number of hydrogen-bond donors (Lipinski definition) is 1. The predicted molar refractivity (Wildman–Crippen MR) is 64.2 cm³/mol. The number of fused-ring (bicyclic) bond motifs is 1. The van der Waals surface area contributed by atoms with E-state index in [0.717, 1.165) is 18.5 Å². The number of aromatic nitrogens is 1. The van der Waals surface area contributed by atoms with Gasteiger partial charge in [-0.25, -0.2) is 9.98 Å². The Labute approximate surface area is 100 Å². The van der Waals surface area contributed by atoms with E-state index < -0.39 is 0 Å². The molecular weight excluding hydrogens is 216 g/mol. The van der Waals surface area contributed by atoms with Gasteiger partial charge in [-0.1, -0.05) is 6.07 Å². The zero-order valence-electron chi connectivity index (χ0n) is 9.72. The molecule has 1 N–H and O–H groups in total. The van der Waals surface area contributed by atoms with Crippen molar-refractivity contribution in [3.8, 4) is 0 Å². The number of ether oxygens (including phenoxy) is 1. The van der Waals surface area contributed by atoms with Crippen molar-refractivity contribution in [1.82, 2.24) is 4.98 Å². The van der Waals surface area contributed by atoms with Gasteiger partial charge in [0.25, 0.3) is 0 Å². The molecule has 4 nitrogen and oxygen atoms in total. The number of pyridine rings is 1. The van der Waals surface area contributed by atoms with Crippen LogP contribution in [-0.2, 0) is 17.6 Å². The van der Waals surface area contributed by atoms with Crippen LogP contribution in [-0.4, -0.2) is 35.2 Å². The maximum atomic E-state index is 9.02. The normalized spacial score (nSPS) is 22.9. The minimum absolute atomic E-state index is 0.0362. The highest BCUT2D eigenvalue weighted by Crippen LogP contribution is 2.20. The van der Waals surface area contributed by atoms with Crippen LogP contribution in [0.25, 0.3) is 0 Å². The maximum absolute atomic E-state index is 9.02. The van der Waals surface area contributed by atoms with Crippen LogP contribution in [0.5, 0.6) is 0 Å². The quantitative estimate of drug-likeness (QED) is 0.830. The molecule has 0 saturated carbocycles. The Balaban J connectivity index is 1.89. The lowest BCUT2D eigenvalue weighted by molar-refractivity contribution is 0.227. The van der Waals surface area contributed by atoms with Crippen molar-refractivity contribution in [2.75, 3.05) is 13.2 Å². The first-order valence-corrected chi connectivity index (χ1v) is 6.17. The van der Waals surface area contributed by atoms with Crippen molar-refractivity contribution >= 4 is 5.90 Å². The van der Waals surface area contributed by atoms with E-state index in [1.54, 1.807) is 0 Å². The van der Waals surface area contributed by atoms with Crippen LogP contribution < -0.4 is 0 Å². The second-order valence-electron chi connectivity index (χ2n) is 4.59. The topological polar surface area (TPSA) is 54.7 Å². The molecule has 0 unspecified atom stereocenters. The molecule has 4 heteroatoms. The van der Waals surface area contributed by atoms with Gasteiger partial charge in [0.1, 0.15) is 18.3 Å². The number of aliphatic hydroxyl groups is 1. The van der Waals surface area contributed by atoms with Crippen LogP contribution in [0.3, 0.4) is 0 Å². The summed E-state index contributed by atoms with van der Waals surface area (Å²) in [6, 6.07) is 3.99. The molecule has 3 rings (SSSR count). The number of rotatable bonds is 2. The van der Waals surface area contributed by atoms with E-state index in [4.69, 9.17) is 9.84 Å². The molecule has 0 fully saturated rings. The maximum Gasteiger partial charge on any atom is 0.235 e. The molecule has 1 aromatic rings. The van der Waals surface area contributed by atoms with E-state index >= 15 is 0 Å². The number of aliphatic imine (C=N–C) groups is 1. The minimum atomic E-state index is -0.122. The Morgan fingerprint density at radius 3 is 3.00 bits per heavy atom. The molecule has 1 aliphatic carbocycles. The second-order valence-corrected chi connectivity index (χ2v) is 4.59. The van der Waals surface area contributed by atoms with Crippen molar-refractivity contribution in [1.29, 1.82) is 0 Å². The van der Waals surface area contributed by atoms with Crippen LogP contribution in [0.4, 0.5) is 0 Å². The van der Waals surface area contributed by atoms with Crippen LogP contribution in [0.1, 0.15) is 29.8 Å². The number of hydrogen-bond acceptors (Lipinski definition) is 4. The monoisotopic (exact) mass is 232 g/mol. The third kappa shape index (κ3) is 2.05. The summed E-state index contributed by atoms with van der Waals surface area (Å²) in [5.74, 6) is 0.581. The van der Waals surface area contributed by atoms with E-state index in [1.165, 1.54) is 24.1 Å². The summed E-state index contributed by atoms with van der Waals surface area (Å²) in [4.78, 5) is 8.93. The molecule has 0 amide bonds. The number of aryl methyl sites for hydroxylation is 2. The van der Waals surface area contributed by atoms with E-state index in [0.29, 0.717) is 12.5 Å². The molecule has 1 atom stereocenters. The first-order chi connectivity index (χ1) is 8.36. The lowest BCUT2D eigenvalue weighted by Gasteiger charge is -2.15. The fourth-order valence-corrected chi connectivity index (χ4v) is 2.35. The number of aliphatic hydroxyl groups excluding tert-OH is 1. The fraction of sp³-hybridized carbons (Fsp3) is 0.538. The van der Waals surface area contributed by atoms with Gasteiger partial charge in [0.2, 0.25) is 5.90 Å².